The van der Waals surface area contributed by atoms with Crippen LogP contribution in [0, 0.1) is 12.3 Å². The van der Waals surface area contributed by atoms with Crippen LogP contribution in [0.1, 0.15) is 11.1 Å². The van der Waals surface area contributed by atoms with Crippen LogP contribution in [-0.2, 0) is 22.6 Å². The molecule has 1 atom stereocenters. The molecule has 2 aromatic carbocycles. The van der Waals surface area contributed by atoms with Crippen LogP contribution >= 0.6 is 0 Å². The van der Waals surface area contributed by atoms with Gasteiger partial charge >= 0.3 is 6.09 Å². The Labute approximate surface area is 163 Å². The van der Waals surface area contributed by atoms with E-state index in [-0.39, 0.29) is 19.1 Å². The molecule has 3 rings (SSSR count). The molecule has 0 saturated carbocycles. The van der Waals surface area contributed by atoms with Gasteiger partial charge in [-0.05, 0) is 17.2 Å². The number of fused-ring (bicyclic) bond motifs is 1. The van der Waals surface area contributed by atoms with Gasteiger partial charge in [-0.2, -0.15) is 0 Å². The van der Waals surface area contributed by atoms with Gasteiger partial charge in [0.25, 0.3) is 0 Å². The van der Waals surface area contributed by atoms with Gasteiger partial charge in [-0.1, -0.05) is 54.5 Å². The third-order valence-electron chi connectivity index (χ3n) is 4.28. The molecule has 2 amide bonds. The molecule has 3 aromatic rings. The van der Waals surface area contributed by atoms with Gasteiger partial charge in [-0.3, -0.25) is 4.79 Å². The quantitative estimate of drug-likeness (QED) is 0.555. The molecular formula is C22H21N3O3. The molecule has 0 spiro atoms. The highest BCUT2D eigenvalue weighted by Crippen LogP contribution is 2.19. The van der Waals surface area contributed by atoms with Gasteiger partial charge in [0.15, 0.2) is 0 Å². The van der Waals surface area contributed by atoms with Crippen LogP contribution in [0.5, 0.6) is 0 Å². The van der Waals surface area contributed by atoms with Crippen molar-refractivity contribution in [1.82, 2.24) is 15.6 Å². The number of ether oxygens (including phenoxy) is 1. The van der Waals surface area contributed by atoms with Crippen molar-refractivity contribution >= 4 is 22.9 Å². The molecule has 0 radical (unpaired) electrons. The van der Waals surface area contributed by atoms with Crippen molar-refractivity contribution < 1.29 is 14.3 Å². The van der Waals surface area contributed by atoms with E-state index in [0.29, 0.717) is 6.42 Å². The zero-order chi connectivity index (χ0) is 19.8. The molecule has 28 heavy (non-hydrogen) atoms. The first-order chi connectivity index (χ1) is 13.7. The zero-order valence-electron chi connectivity index (χ0n) is 15.3. The van der Waals surface area contributed by atoms with Gasteiger partial charge in [-0.15, -0.1) is 6.42 Å². The number of hydrogen-bond donors (Lipinski definition) is 3. The Morgan fingerprint density at radius 1 is 1.11 bits per heavy atom. The van der Waals surface area contributed by atoms with Crippen LogP contribution in [0.25, 0.3) is 10.9 Å². The molecule has 1 unspecified atom stereocenters. The number of carbonyl (C=O) groups excluding carboxylic acids is 2. The number of amides is 2. The molecule has 0 saturated heterocycles. The van der Waals surface area contributed by atoms with E-state index >= 15 is 0 Å². The first-order valence-electron chi connectivity index (χ1n) is 8.90. The molecule has 0 aliphatic heterocycles. The summed E-state index contributed by atoms with van der Waals surface area (Å²) in [7, 11) is 0. The average Bonchev–Trinajstić information content (AvgIpc) is 3.13. The maximum absolute atomic E-state index is 12.5. The lowest BCUT2D eigenvalue weighted by molar-refractivity contribution is -0.122. The van der Waals surface area contributed by atoms with Crippen molar-refractivity contribution in [1.29, 1.82) is 0 Å². The number of benzene rings is 2. The first-order valence-corrected chi connectivity index (χ1v) is 8.90. The summed E-state index contributed by atoms with van der Waals surface area (Å²) >= 11 is 0. The smallest absolute Gasteiger partial charge is 0.408 e. The predicted octanol–water partition coefficient (Wildman–Crippen LogP) is 2.75. The number of carbonyl (C=O) groups is 2. The lowest BCUT2D eigenvalue weighted by atomic mass is 10.0. The Hall–Kier alpha value is -3.72. The van der Waals surface area contributed by atoms with Crippen molar-refractivity contribution in [3.05, 3.63) is 71.9 Å². The van der Waals surface area contributed by atoms with E-state index in [2.05, 4.69) is 21.5 Å². The van der Waals surface area contributed by atoms with E-state index in [1.54, 1.807) is 0 Å². The summed E-state index contributed by atoms with van der Waals surface area (Å²) in [4.78, 5) is 27.9. The van der Waals surface area contributed by atoms with E-state index in [1.165, 1.54) is 0 Å². The Morgan fingerprint density at radius 2 is 1.86 bits per heavy atom. The van der Waals surface area contributed by atoms with Crippen molar-refractivity contribution in [2.75, 3.05) is 6.54 Å². The van der Waals surface area contributed by atoms with Crippen LogP contribution in [-0.4, -0.2) is 29.6 Å². The topological polar surface area (TPSA) is 83.2 Å². The van der Waals surface area contributed by atoms with Crippen LogP contribution < -0.4 is 10.6 Å². The van der Waals surface area contributed by atoms with E-state index in [4.69, 9.17) is 11.2 Å². The number of nitrogens with one attached hydrogen (secondary N) is 3. The lowest BCUT2D eigenvalue weighted by Gasteiger charge is -2.17. The monoisotopic (exact) mass is 375 g/mol. The number of rotatable bonds is 7. The number of aromatic amines is 1. The minimum Gasteiger partial charge on any atom is -0.445 e. The van der Waals surface area contributed by atoms with Crippen molar-refractivity contribution in [2.45, 2.75) is 19.1 Å². The Morgan fingerprint density at radius 3 is 2.64 bits per heavy atom. The molecule has 1 aromatic heterocycles. The number of terminal acetylenes is 1. The first kappa shape index (κ1) is 19.1. The average molecular weight is 375 g/mol. The Kier molecular flexibility index (Phi) is 6.32. The largest absolute Gasteiger partial charge is 0.445 e. The van der Waals surface area contributed by atoms with Crippen molar-refractivity contribution in [3.63, 3.8) is 0 Å². The summed E-state index contributed by atoms with van der Waals surface area (Å²) in [6, 6.07) is 16.3. The van der Waals surface area contributed by atoms with Crippen LogP contribution in [0.15, 0.2) is 60.8 Å². The highest BCUT2D eigenvalue weighted by molar-refractivity contribution is 5.88. The lowest BCUT2D eigenvalue weighted by Crippen LogP contribution is -2.48. The van der Waals surface area contributed by atoms with Gasteiger partial charge in [0.2, 0.25) is 5.91 Å². The second-order valence-corrected chi connectivity index (χ2v) is 6.24. The standard InChI is InChI=1S/C22H21N3O3/c1-2-12-23-21(26)20(13-17-14-24-19-11-7-6-10-18(17)19)25-22(27)28-15-16-8-4-3-5-9-16/h1,3-11,14,20,24H,12-13,15H2,(H,23,26)(H,25,27). The van der Waals surface area contributed by atoms with E-state index in [0.717, 1.165) is 22.0 Å². The van der Waals surface area contributed by atoms with Gasteiger partial charge in [-0.25, -0.2) is 4.79 Å². The van der Waals surface area contributed by atoms with Gasteiger partial charge in [0, 0.05) is 23.5 Å². The molecule has 0 aliphatic carbocycles. The number of alkyl carbamates (subject to hydrolysis) is 1. The summed E-state index contributed by atoms with van der Waals surface area (Å²) in [5.74, 6) is 2.00. The SMILES string of the molecule is C#CCNC(=O)C(Cc1c[nH]c2ccccc12)NC(=O)OCc1ccccc1. The molecule has 3 N–H and O–H groups in total. The van der Waals surface area contributed by atoms with Crippen LogP contribution in [0.3, 0.4) is 0 Å². The number of aromatic nitrogens is 1. The molecular weight excluding hydrogens is 354 g/mol. The molecule has 0 aliphatic rings. The molecule has 0 fully saturated rings. The fraction of sp³-hybridized carbons (Fsp3) is 0.182. The summed E-state index contributed by atoms with van der Waals surface area (Å²) in [5, 5.41) is 6.26. The third kappa shape index (κ3) is 4.92. The number of hydrogen-bond acceptors (Lipinski definition) is 3. The van der Waals surface area contributed by atoms with E-state index < -0.39 is 12.1 Å². The van der Waals surface area contributed by atoms with E-state index in [1.807, 2.05) is 60.8 Å². The summed E-state index contributed by atoms with van der Waals surface area (Å²) in [5.41, 5.74) is 2.74. The molecule has 0 bridgehead atoms. The number of H-pyrrole nitrogens is 1. The second kappa shape index (κ2) is 9.28. The molecule has 1 heterocycles. The van der Waals surface area contributed by atoms with Gasteiger partial charge in [0.05, 0.1) is 6.54 Å². The van der Waals surface area contributed by atoms with Gasteiger partial charge < -0.3 is 20.4 Å². The number of para-hydroxylation sites is 1. The van der Waals surface area contributed by atoms with Crippen LogP contribution in [0.2, 0.25) is 0 Å². The molecule has 6 nitrogen and oxygen atoms in total. The minimum atomic E-state index is -0.809. The Balaban J connectivity index is 1.68. The normalized spacial score (nSPS) is 11.4. The van der Waals surface area contributed by atoms with Crippen molar-refractivity contribution in [3.8, 4) is 12.3 Å². The third-order valence-corrected chi connectivity index (χ3v) is 4.28. The second-order valence-electron chi connectivity index (χ2n) is 6.24. The minimum absolute atomic E-state index is 0.0873. The van der Waals surface area contributed by atoms with Gasteiger partial charge in [0.1, 0.15) is 12.6 Å². The molecule has 142 valence electrons. The predicted molar refractivity (Wildman–Crippen MR) is 107 cm³/mol. The fourth-order valence-corrected chi connectivity index (χ4v) is 2.90. The van der Waals surface area contributed by atoms with E-state index in [9.17, 15) is 9.59 Å². The summed E-state index contributed by atoms with van der Waals surface area (Å²) in [6.45, 7) is 0.211. The highest BCUT2D eigenvalue weighted by atomic mass is 16.5. The maximum atomic E-state index is 12.5. The maximum Gasteiger partial charge on any atom is 0.408 e. The molecule has 6 heteroatoms. The zero-order valence-corrected chi connectivity index (χ0v) is 15.3. The van der Waals surface area contributed by atoms with Crippen molar-refractivity contribution in [2.24, 2.45) is 0 Å². The fourth-order valence-electron chi connectivity index (χ4n) is 2.90. The summed E-state index contributed by atoms with van der Waals surface area (Å²) < 4.78 is 5.24. The van der Waals surface area contributed by atoms with Crippen LogP contribution in [0.4, 0.5) is 4.79 Å². The summed E-state index contributed by atoms with van der Waals surface area (Å²) in [6.07, 6.45) is 6.70. The Bertz CT molecular complexity index is 989. The highest BCUT2D eigenvalue weighted by Gasteiger charge is 2.23.